The zero-order valence-electron chi connectivity index (χ0n) is 10.3. The first-order valence-corrected chi connectivity index (χ1v) is 8.82. The average Bonchev–Trinajstić information content (AvgIpc) is 2.42. The van der Waals surface area contributed by atoms with Gasteiger partial charge in [0.15, 0.2) is 0 Å². The third kappa shape index (κ3) is 7.67. The molecule has 6 heteroatoms. The third-order valence-electron chi connectivity index (χ3n) is 3.08. The summed E-state index contributed by atoms with van der Waals surface area (Å²) in [4.78, 5) is 0. The fourth-order valence-electron chi connectivity index (χ4n) is 2.19. The number of nitrogens with two attached hydrogens (primary N) is 1. The van der Waals surface area contributed by atoms with Crippen LogP contribution in [-0.4, -0.2) is 32.7 Å². The van der Waals surface area contributed by atoms with Gasteiger partial charge in [0, 0.05) is 12.5 Å². The molecular weight excluding hydrogens is 321 g/mol. The van der Waals surface area contributed by atoms with E-state index in [4.69, 9.17) is 0 Å². The topological polar surface area (TPSA) is 42.7 Å². The normalized spacial score (nSPS) is 22.8. The Labute approximate surface area is 124 Å². The van der Waals surface area contributed by atoms with E-state index in [1.165, 1.54) is 31.6 Å². The van der Waals surface area contributed by atoms with Crippen molar-refractivity contribution in [3.63, 3.8) is 0 Å². The van der Waals surface area contributed by atoms with Gasteiger partial charge >= 0.3 is 33.3 Å². The molecule has 2 aliphatic rings. The number of quaternary nitrogens is 1. The molecule has 0 radical (unpaired) electrons. The number of rotatable bonds is 4. The summed E-state index contributed by atoms with van der Waals surface area (Å²) in [7, 11) is 9.34. The van der Waals surface area contributed by atoms with Gasteiger partial charge in [0.05, 0.1) is 13.1 Å². The molecule has 1 saturated heterocycles. The molecule has 0 bridgehead atoms. The molecule has 2 aliphatic heterocycles. The predicted octanol–water partition coefficient (Wildman–Crippen LogP) is 1.75. The van der Waals surface area contributed by atoms with Gasteiger partial charge in [-0.15, -0.1) is 18.3 Å². The SMILES string of the molecule is C1=CC[N-]C(CNCC2CCC[NH2+]C2)=C1.[Cl][Cu][Cl]. The van der Waals surface area contributed by atoms with Crippen LogP contribution < -0.4 is 10.6 Å². The van der Waals surface area contributed by atoms with Crippen molar-refractivity contribution in [2.75, 3.05) is 32.7 Å². The molecular formula is C12H21Cl2CuN3. The van der Waals surface area contributed by atoms with Gasteiger partial charge in [0.25, 0.3) is 0 Å². The van der Waals surface area contributed by atoms with Gasteiger partial charge in [0.2, 0.25) is 0 Å². The molecule has 18 heavy (non-hydrogen) atoms. The van der Waals surface area contributed by atoms with Crippen LogP contribution in [0.25, 0.3) is 5.32 Å². The Morgan fingerprint density at radius 2 is 2.33 bits per heavy atom. The van der Waals surface area contributed by atoms with Crippen molar-refractivity contribution in [2.24, 2.45) is 5.92 Å². The number of hydrogen-bond acceptors (Lipinski definition) is 1. The molecule has 0 aromatic carbocycles. The molecule has 1 unspecified atom stereocenters. The van der Waals surface area contributed by atoms with Crippen molar-refractivity contribution in [2.45, 2.75) is 12.8 Å². The van der Waals surface area contributed by atoms with E-state index in [0.717, 1.165) is 38.7 Å². The van der Waals surface area contributed by atoms with Crippen molar-refractivity contribution in [3.05, 3.63) is 29.2 Å². The van der Waals surface area contributed by atoms with Crippen LogP contribution >= 0.6 is 20.2 Å². The minimum atomic E-state index is 0.757. The molecule has 2 heterocycles. The Morgan fingerprint density at radius 1 is 1.50 bits per heavy atom. The van der Waals surface area contributed by atoms with Gasteiger partial charge in [-0.25, -0.2) is 0 Å². The predicted molar refractivity (Wildman–Crippen MR) is 74.4 cm³/mol. The number of nitrogens with one attached hydrogen (secondary N) is 1. The van der Waals surface area contributed by atoms with Crippen LogP contribution in [-0.2, 0) is 13.1 Å². The van der Waals surface area contributed by atoms with Crippen LogP contribution in [0.2, 0.25) is 0 Å². The zero-order valence-corrected chi connectivity index (χ0v) is 12.8. The standard InChI is InChI=1S/C12H20N3.2ClH.Cu/c1-2-7-15-12(5-1)10-14-9-11-4-3-6-13-8-11;;;/h1-2,5,11,13-14H,3-4,6-10H2;2*1H;/q-1;;;+2/p-1. The fourth-order valence-corrected chi connectivity index (χ4v) is 2.19. The second-order valence-electron chi connectivity index (χ2n) is 4.42. The van der Waals surface area contributed by atoms with Gasteiger partial charge in [-0.1, -0.05) is 12.2 Å². The van der Waals surface area contributed by atoms with Gasteiger partial charge in [0.1, 0.15) is 0 Å². The molecule has 0 saturated carbocycles. The molecule has 1 atom stereocenters. The molecule has 0 spiro atoms. The van der Waals surface area contributed by atoms with Crippen LogP contribution in [0.15, 0.2) is 23.9 Å². The van der Waals surface area contributed by atoms with E-state index >= 15 is 0 Å². The molecule has 0 aliphatic carbocycles. The maximum atomic E-state index is 4.67. The Balaban J connectivity index is 0.000000492. The first-order valence-electron chi connectivity index (χ1n) is 6.23. The van der Waals surface area contributed by atoms with Gasteiger partial charge < -0.3 is 16.0 Å². The molecule has 1 fully saturated rings. The van der Waals surface area contributed by atoms with Crippen LogP contribution in [0.5, 0.6) is 0 Å². The van der Waals surface area contributed by atoms with E-state index in [2.05, 4.69) is 54.4 Å². The molecule has 109 valence electrons. The molecule has 3 N–H and O–H groups in total. The number of allylic oxidation sites excluding steroid dienone is 2. The van der Waals surface area contributed by atoms with Gasteiger partial charge in [-0.2, -0.15) is 0 Å². The summed E-state index contributed by atoms with van der Waals surface area (Å²) < 4.78 is 0. The summed E-state index contributed by atoms with van der Waals surface area (Å²) in [5.74, 6) is 0.860. The first-order chi connectivity index (χ1) is 8.86. The summed E-state index contributed by atoms with van der Waals surface area (Å²) in [5, 5.41) is 10.4. The molecule has 3 nitrogen and oxygen atoms in total. The van der Waals surface area contributed by atoms with E-state index < -0.39 is 0 Å². The van der Waals surface area contributed by atoms with Crippen molar-refractivity contribution < 1.29 is 18.5 Å². The third-order valence-corrected chi connectivity index (χ3v) is 3.08. The van der Waals surface area contributed by atoms with Crippen molar-refractivity contribution in [1.29, 1.82) is 0 Å². The number of piperidine rings is 1. The number of nitrogens with zero attached hydrogens (tertiary/aromatic N) is 1. The fraction of sp³-hybridized carbons (Fsp3) is 0.667. The van der Waals surface area contributed by atoms with Crippen LogP contribution in [0.4, 0.5) is 0 Å². The van der Waals surface area contributed by atoms with Crippen molar-refractivity contribution in [3.8, 4) is 0 Å². The van der Waals surface area contributed by atoms with Crippen molar-refractivity contribution >= 4 is 20.2 Å². The maximum absolute atomic E-state index is 4.67. The molecule has 0 amide bonds. The number of hydrogen-bond donors (Lipinski definition) is 2. The second-order valence-corrected chi connectivity index (χ2v) is 5.98. The monoisotopic (exact) mass is 340 g/mol. The number of halogens is 2. The Bertz CT molecular complexity index is 266. The minimum absolute atomic E-state index is 0.757. The molecule has 0 aromatic heterocycles. The van der Waals surface area contributed by atoms with Crippen LogP contribution in [0.1, 0.15) is 12.8 Å². The second kappa shape index (κ2) is 11.2. The Morgan fingerprint density at radius 3 is 2.94 bits per heavy atom. The van der Waals surface area contributed by atoms with E-state index in [-0.39, 0.29) is 0 Å². The average molecular weight is 342 g/mol. The van der Waals surface area contributed by atoms with Crippen LogP contribution in [0.3, 0.4) is 0 Å². The summed E-state index contributed by atoms with van der Waals surface area (Å²) in [6.07, 6.45) is 9.04. The van der Waals surface area contributed by atoms with E-state index in [0.29, 0.717) is 0 Å². The summed E-state index contributed by atoms with van der Waals surface area (Å²) in [5.41, 5.74) is 1.19. The quantitative estimate of drug-likeness (QED) is 0.752. The summed E-state index contributed by atoms with van der Waals surface area (Å²) in [6.45, 7) is 5.55. The Hall–Kier alpha value is 0.299. The van der Waals surface area contributed by atoms with Crippen LogP contribution in [0, 0.1) is 5.92 Å². The summed E-state index contributed by atoms with van der Waals surface area (Å²) in [6, 6.07) is 0. The molecule has 2 rings (SSSR count). The first kappa shape index (κ1) is 16.4. The Kier molecular flexibility index (Phi) is 10.1. The molecule has 0 aromatic rings. The van der Waals surface area contributed by atoms with E-state index in [1.807, 2.05) is 0 Å². The van der Waals surface area contributed by atoms with E-state index in [1.54, 1.807) is 0 Å². The van der Waals surface area contributed by atoms with Gasteiger partial charge in [-0.3, -0.25) is 0 Å². The summed E-state index contributed by atoms with van der Waals surface area (Å²) >= 11 is 0.757. The van der Waals surface area contributed by atoms with E-state index in [9.17, 15) is 0 Å². The van der Waals surface area contributed by atoms with Crippen molar-refractivity contribution in [1.82, 2.24) is 5.32 Å². The zero-order chi connectivity index (χ0) is 13.1. The van der Waals surface area contributed by atoms with Gasteiger partial charge in [-0.05, 0) is 19.4 Å².